The minimum absolute atomic E-state index is 0.00600. The minimum Gasteiger partial charge on any atom is -0.351 e. The lowest BCUT2D eigenvalue weighted by atomic mass is 9.90. The Hall–Kier alpha value is -3.45. The number of carbonyl (C=O) groups is 2. The van der Waals surface area contributed by atoms with Crippen LogP contribution in [0.3, 0.4) is 0 Å². The first-order valence-corrected chi connectivity index (χ1v) is 15.5. The van der Waals surface area contributed by atoms with Gasteiger partial charge in [0.1, 0.15) is 0 Å². The number of nitrogens with zero attached hydrogens (tertiary/aromatic N) is 2. The van der Waals surface area contributed by atoms with Gasteiger partial charge in [-0.05, 0) is 67.3 Å². The molecule has 2 fully saturated rings. The van der Waals surface area contributed by atoms with Gasteiger partial charge < -0.3 is 20.4 Å². The van der Waals surface area contributed by atoms with Crippen molar-refractivity contribution in [1.82, 2.24) is 20.4 Å². The Morgan fingerprint density at radius 2 is 1.55 bits per heavy atom. The number of rotatable bonds is 10. The largest absolute Gasteiger partial charge is 0.351 e. The summed E-state index contributed by atoms with van der Waals surface area (Å²) in [7, 11) is 0. The van der Waals surface area contributed by atoms with Crippen molar-refractivity contribution in [2.45, 2.75) is 43.7 Å². The molecule has 2 aliphatic heterocycles. The third kappa shape index (κ3) is 8.54. The fourth-order valence-electron chi connectivity index (χ4n) is 5.98. The summed E-state index contributed by atoms with van der Waals surface area (Å²) in [5.41, 5.74) is 3.33. The van der Waals surface area contributed by atoms with Crippen LogP contribution < -0.4 is 10.6 Å². The van der Waals surface area contributed by atoms with Crippen molar-refractivity contribution in [2.75, 3.05) is 39.3 Å². The highest BCUT2D eigenvalue weighted by molar-refractivity contribution is 6.30. The van der Waals surface area contributed by atoms with E-state index in [2.05, 4.69) is 69.0 Å². The van der Waals surface area contributed by atoms with E-state index in [1.807, 2.05) is 24.3 Å². The summed E-state index contributed by atoms with van der Waals surface area (Å²) in [4.78, 5) is 31.2. The lowest BCUT2D eigenvalue weighted by Gasteiger charge is -2.33. The number of benzene rings is 3. The average Bonchev–Trinajstić information content (AvgIpc) is 3.17. The highest BCUT2D eigenvalue weighted by Gasteiger charge is 2.34. The van der Waals surface area contributed by atoms with E-state index in [0.29, 0.717) is 31.2 Å². The first-order valence-electron chi connectivity index (χ1n) is 15.1. The van der Waals surface area contributed by atoms with Gasteiger partial charge in [-0.3, -0.25) is 9.59 Å². The van der Waals surface area contributed by atoms with Gasteiger partial charge in [-0.2, -0.15) is 0 Å². The highest BCUT2D eigenvalue weighted by atomic mass is 35.5. The number of carbonyl (C=O) groups excluding carboxylic acids is 2. The predicted octanol–water partition coefficient (Wildman–Crippen LogP) is 5.35. The Bertz CT molecular complexity index is 1270. The molecule has 2 N–H and O–H groups in total. The second kappa shape index (κ2) is 15.1. The normalized spacial score (nSPS) is 20.1. The van der Waals surface area contributed by atoms with Gasteiger partial charge in [0, 0.05) is 49.2 Å². The van der Waals surface area contributed by atoms with Gasteiger partial charge in [-0.1, -0.05) is 90.8 Å². The molecule has 0 bridgehead atoms. The molecule has 220 valence electrons. The van der Waals surface area contributed by atoms with Crippen LogP contribution in [0, 0.1) is 0 Å². The van der Waals surface area contributed by atoms with Gasteiger partial charge in [0.25, 0.3) is 0 Å². The van der Waals surface area contributed by atoms with Gasteiger partial charge >= 0.3 is 0 Å². The minimum atomic E-state index is -0.315. The molecule has 3 aromatic carbocycles. The zero-order valence-corrected chi connectivity index (χ0v) is 24.9. The first-order chi connectivity index (χ1) is 20.5. The number of hydrogen-bond donors (Lipinski definition) is 2. The van der Waals surface area contributed by atoms with Crippen LogP contribution in [-0.2, 0) is 9.59 Å². The zero-order valence-electron chi connectivity index (χ0n) is 24.1. The summed E-state index contributed by atoms with van der Waals surface area (Å²) < 4.78 is 0. The van der Waals surface area contributed by atoms with Crippen molar-refractivity contribution in [3.05, 3.63) is 113 Å². The van der Waals surface area contributed by atoms with Crippen LogP contribution in [0.2, 0.25) is 5.02 Å². The van der Waals surface area contributed by atoms with Crippen molar-refractivity contribution >= 4 is 29.5 Å². The number of amides is 2. The molecule has 2 amide bonds. The maximum atomic E-state index is 14.1. The van der Waals surface area contributed by atoms with E-state index < -0.39 is 0 Å². The fourth-order valence-corrected chi connectivity index (χ4v) is 6.10. The number of halogens is 1. The van der Waals surface area contributed by atoms with E-state index in [1.54, 1.807) is 24.3 Å². The average molecular weight is 585 g/mol. The zero-order chi connectivity index (χ0) is 29.1. The molecule has 5 rings (SSSR count). The smallest absolute Gasteiger partial charge is 0.244 e. The summed E-state index contributed by atoms with van der Waals surface area (Å²) in [6, 6.07) is 28.0. The maximum absolute atomic E-state index is 14.1. The Morgan fingerprint density at radius 3 is 2.19 bits per heavy atom. The molecule has 0 aromatic heterocycles. The van der Waals surface area contributed by atoms with Crippen LogP contribution in [0.4, 0.5) is 0 Å². The van der Waals surface area contributed by atoms with Gasteiger partial charge in [0.2, 0.25) is 11.8 Å². The van der Waals surface area contributed by atoms with E-state index in [0.717, 1.165) is 25.1 Å². The van der Waals surface area contributed by atoms with Crippen molar-refractivity contribution in [3.8, 4) is 0 Å². The van der Waals surface area contributed by atoms with E-state index >= 15 is 0 Å². The van der Waals surface area contributed by atoms with E-state index in [1.165, 1.54) is 30.4 Å². The third-order valence-electron chi connectivity index (χ3n) is 8.31. The van der Waals surface area contributed by atoms with E-state index in [-0.39, 0.29) is 29.8 Å². The van der Waals surface area contributed by atoms with Gasteiger partial charge in [0.15, 0.2) is 0 Å². The number of piperidine rings is 1. The van der Waals surface area contributed by atoms with Crippen LogP contribution in [0.25, 0.3) is 6.08 Å². The first kappa shape index (κ1) is 30.0. The SMILES string of the molecule is O=C(/C=C/c1ccc(Cl)cc1)NC[C@@H]1CCN(CC(c2ccccc2)c2ccccc2)C(=O)[C@H](CN2CCCCC2)N1. The van der Waals surface area contributed by atoms with Gasteiger partial charge in [-0.15, -0.1) is 0 Å². The van der Waals surface area contributed by atoms with Crippen LogP contribution in [0.1, 0.15) is 48.3 Å². The van der Waals surface area contributed by atoms with Crippen LogP contribution in [0.15, 0.2) is 91.0 Å². The molecule has 42 heavy (non-hydrogen) atoms. The van der Waals surface area contributed by atoms with Crippen LogP contribution in [-0.4, -0.2) is 73.0 Å². The molecule has 7 heteroatoms. The van der Waals surface area contributed by atoms with Gasteiger partial charge in [-0.25, -0.2) is 0 Å². The Balaban J connectivity index is 1.29. The fraction of sp³-hybridized carbons (Fsp3) is 0.371. The standard InChI is InChI=1S/C35H41ClN4O2/c36-30-17-14-27(15-18-30)16-19-34(41)37-24-31-20-23-40(35(42)33(38-31)26-39-21-8-3-9-22-39)25-32(28-10-4-1-5-11-28)29-12-6-2-7-13-29/h1-2,4-7,10-19,31-33,38H,3,8-9,20-26H2,(H,37,41)/b19-16+/t31-,33-/m0/s1. The lowest BCUT2D eigenvalue weighted by molar-refractivity contribution is -0.133. The molecule has 6 nitrogen and oxygen atoms in total. The monoisotopic (exact) mass is 584 g/mol. The number of hydrogen-bond acceptors (Lipinski definition) is 4. The Labute approximate surface area is 254 Å². The summed E-state index contributed by atoms with van der Waals surface area (Å²) in [5.74, 6) is 0.0788. The second-order valence-electron chi connectivity index (χ2n) is 11.4. The topological polar surface area (TPSA) is 64.7 Å². The van der Waals surface area contributed by atoms with Crippen molar-refractivity contribution in [3.63, 3.8) is 0 Å². The summed E-state index contributed by atoms with van der Waals surface area (Å²) in [6.07, 6.45) is 7.70. The molecule has 0 aliphatic carbocycles. The summed E-state index contributed by atoms with van der Waals surface area (Å²) in [6.45, 7) is 4.46. The molecule has 0 spiro atoms. The molecule has 0 radical (unpaired) electrons. The van der Waals surface area contributed by atoms with Gasteiger partial charge in [0.05, 0.1) is 6.04 Å². The quantitative estimate of drug-likeness (QED) is 0.316. The molecular formula is C35H41ClN4O2. The predicted molar refractivity (Wildman–Crippen MR) is 170 cm³/mol. The highest BCUT2D eigenvalue weighted by Crippen LogP contribution is 2.27. The third-order valence-corrected chi connectivity index (χ3v) is 8.56. The van der Waals surface area contributed by atoms with Crippen molar-refractivity contribution < 1.29 is 9.59 Å². The molecule has 2 heterocycles. The van der Waals surface area contributed by atoms with Crippen molar-refractivity contribution in [2.24, 2.45) is 0 Å². The molecule has 3 aromatic rings. The Kier molecular flexibility index (Phi) is 10.8. The second-order valence-corrected chi connectivity index (χ2v) is 11.8. The van der Waals surface area contributed by atoms with Crippen LogP contribution >= 0.6 is 11.6 Å². The number of nitrogens with one attached hydrogen (secondary N) is 2. The summed E-state index contributed by atoms with van der Waals surface area (Å²) >= 11 is 5.97. The molecule has 0 saturated carbocycles. The molecule has 0 unspecified atom stereocenters. The molecular weight excluding hydrogens is 544 g/mol. The molecule has 2 aliphatic rings. The van der Waals surface area contributed by atoms with E-state index in [9.17, 15) is 9.59 Å². The van der Waals surface area contributed by atoms with Crippen LogP contribution in [0.5, 0.6) is 0 Å². The summed E-state index contributed by atoms with van der Waals surface area (Å²) in [5, 5.41) is 7.36. The lowest BCUT2D eigenvalue weighted by Crippen LogP contribution is -2.54. The van der Waals surface area contributed by atoms with Crippen molar-refractivity contribution in [1.29, 1.82) is 0 Å². The molecule has 2 saturated heterocycles. The maximum Gasteiger partial charge on any atom is 0.244 e. The Morgan fingerprint density at radius 1 is 0.905 bits per heavy atom. The molecule has 2 atom stereocenters. The number of likely N-dealkylation sites (tertiary alicyclic amines) is 1. The van der Waals surface area contributed by atoms with E-state index in [4.69, 9.17) is 11.6 Å².